The fraction of sp³-hybridized carbons (Fsp3) is 0.267. The van der Waals surface area contributed by atoms with Crippen LogP contribution in [0, 0.1) is 0 Å². The van der Waals surface area contributed by atoms with Crippen LogP contribution in [0.2, 0.25) is 0 Å². The smallest absolute Gasteiger partial charge is 0.348 e. The first kappa shape index (κ1) is 16.0. The monoisotopic (exact) mass is 319 g/mol. The van der Waals surface area contributed by atoms with E-state index in [0.717, 1.165) is 24.2 Å². The van der Waals surface area contributed by atoms with Gasteiger partial charge in [0.1, 0.15) is 4.88 Å². The number of nitrogens with one attached hydrogen (secondary N) is 1. The summed E-state index contributed by atoms with van der Waals surface area (Å²) >= 11 is 0.955. The largest absolute Gasteiger partial charge is 0.477 e. The highest BCUT2D eigenvalue weighted by Crippen LogP contribution is 2.31. The van der Waals surface area contributed by atoms with E-state index in [1.54, 1.807) is 24.3 Å². The van der Waals surface area contributed by atoms with Crippen LogP contribution in [0.3, 0.4) is 0 Å². The van der Waals surface area contributed by atoms with E-state index in [1.165, 1.54) is 0 Å². The van der Waals surface area contributed by atoms with E-state index in [2.05, 4.69) is 10.3 Å². The summed E-state index contributed by atoms with van der Waals surface area (Å²) in [5.41, 5.74) is 7.20. The molecule has 1 heterocycles. The third-order valence-electron chi connectivity index (χ3n) is 3.01. The van der Waals surface area contributed by atoms with Gasteiger partial charge in [-0.3, -0.25) is 4.79 Å². The molecule has 0 atom stereocenters. The van der Waals surface area contributed by atoms with E-state index in [0.29, 0.717) is 28.5 Å². The van der Waals surface area contributed by atoms with Gasteiger partial charge in [-0.25, -0.2) is 9.78 Å². The molecule has 1 aromatic carbocycles. The minimum atomic E-state index is -1.07. The van der Waals surface area contributed by atoms with Gasteiger partial charge in [-0.2, -0.15) is 0 Å². The fourth-order valence-corrected chi connectivity index (χ4v) is 2.72. The maximum absolute atomic E-state index is 11.7. The molecule has 2 rings (SSSR count). The normalized spacial score (nSPS) is 10.4. The number of carbonyl (C=O) groups excluding carboxylic acids is 1. The molecule has 1 aromatic heterocycles. The number of nitrogen functional groups attached to an aromatic ring is 1. The molecular weight excluding hydrogens is 302 g/mol. The van der Waals surface area contributed by atoms with Gasteiger partial charge in [-0.05, 0) is 18.6 Å². The van der Waals surface area contributed by atoms with E-state index < -0.39 is 5.97 Å². The first-order valence-corrected chi connectivity index (χ1v) is 7.72. The summed E-state index contributed by atoms with van der Waals surface area (Å²) in [6.07, 6.45) is 2.10. The van der Waals surface area contributed by atoms with Crippen LogP contribution in [0.25, 0.3) is 11.3 Å². The Morgan fingerprint density at radius 1 is 1.32 bits per heavy atom. The van der Waals surface area contributed by atoms with Crippen molar-refractivity contribution in [3.05, 3.63) is 29.1 Å². The second-order valence-corrected chi connectivity index (χ2v) is 5.77. The minimum Gasteiger partial charge on any atom is -0.477 e. The number of nitrogens with zero attached hydrogens (tertiary/aromatic N) is 1. The van der Waals surface area contributed by atoms with Gasteiger partial charge in [0.25, 0.3) is 0 Å². The fourth-order valence-electron chi connectivity index (χ4n) is 1.87. The minimum absolute atomic E-state index is 0.0931. The van der Waals surface area contributed by atoms with Gasteiger partial charge in [0.15, 0.2) is 5.13 Å². The molecule has 1 amide bonds. The number of amides is 1. The maximum atomic E-state index is 11.7. The van der Waals surface area contributed by atoms with Gasteiger partial charge >= 0.3 is 5.97 Å². The molecule has 22 heavy (non-hydrogen) atoms. The molecule has 0 aliphatic rings. The Hall–Kier alpha value is -2.41. The van der Waals surface area contributed by atoms with Gasteiger partial charge in [-0.1, -0.05) is 36.8 Å². The topological polar surface area (TPSA) is 105 Å². The van der Waals surface area contributed by atoms with Crippen molar-refractivity contribution in [3.8, 4) is 11.3 Å². The number of hydrogen-bond acceptors (Lipinski definition) is 5. The Balaban J connectivity index is 2.28. The number of benzene rings is 1. The lowest BCUT2D eigenvalue weighted by Gasteiger charge is -2.00. The number of unbranched alkanes of at least 4 members (excludes halogenated alkanes) is 1. The molecule has 0 saturated heterocycles. The molecule has 4 N–H and O–H groups in total. The molecule has 7 heteroatoms. The second-order valence-electron chi connectivity index (χ2n) is 4.78. The highest BCUT2D eigenvalue weighted by atomic mass is 32.1. The SMILES string of the molecule is CCCCC(=O)Nc1nc(-c2ccc(N)cc2)c(C(=O)O)s1. The lowest BCUT2D eigenvalue weighted by molar-refractivity contribution is -0.116. The average molecular weight is 319 g/mol. The lowest BCUT2D eigenvalue weighted by atomic mass is 10.1. The van der Waals surface area contributed by atoms with Crippen LogP contribution in [0.5, 0.6) is 0 Å². The van der Waals surface area contributed by atoms with Crippen LogP contribution in [0.15, 0.2) is 24.3 Å². The van der Waals surface area contributed by atoms with E-state index >= 15 is 0 Å². The third kappa shape index (κ3) is 3.82. The van der Waals surface area contributed by atoms with Crippen molar-refractivity contribution in [1.82, 2.24) is 4.98 Å². The molecule has 0 bridgehead atoms. The summed E-state index contributed by atoms with van der Waals surface area (Å²) in [7, 11) is 0. The number of anilines is 2. The van der Waals surface area contributed by atoms with Crippen LogP contribution >= 0.6 is 11.3 Å². The number of carboxylic acid groups (broad SMARTS) is 1. The molecule has 2 aromatic rings. The van der Waals surface area contributed by atoms with Gasteiger partial charge in [0.2, 0.25) is 5.91 Å². The van der Waals surface area contributed by atoms with Crippen LogP contribution < -0.4 is 11.1 Å². The molecule has 0 aliphatic heterocycles. The van der Waals surface area contributed by atoms with Crippen molar-refractivity contribution in [3.63, 3.8) is 0 Å². The third-order valence-corrected chi connectivity index (χ3v) is 3.97. The molecule has 0 aliphatic carbocycles. The number of carbonyl (C=O) groups is 2. The quantitative estimate of drug-likeness (QED) is 0.709. The van der Waals surface area contributed by atoms with Crippen molar-refractivity contribution >= 4 is 34.0 Å². The second kappa shape index (κ2) is 7.04. The van der Waals surface area contributed by atoms with E-state index in [9.17, 15) is 14.7 Å². The standard InChI is InChI=1S/C15H17N3O3S/c1-2-3-4-11(19)17-15-18-12(13(22-15)14(20)21)9-5-7-10(16)8-6-9/h5-8H,2-4,16H2,1H3,(H,20,21)(H,17,18,19). The van der Waals surface area contributed by atoms with E-state index in [4.69, 9.17) is 5.73 Å². The maximum Gasteiger partial charge on any atom is 0.348 e. The zero-order chi connectivity index (χ0) is 16.1. The lowest BCUT2D eigenvalue weighted by Crippen LogP contribution is -2.10. The zero-order valence-electron chi connectivity index (χ0n) is 12.1. The summed E-state index contributed by atoms with van der Waals surface area (Å²) in [6, 6.07) is 6.78. The number of carboxylic acids is 1. The molecule has 116 valence electrons. The highest BCUT2D eigenvalue weighted by molar-refractivity contribution is 7.18. The molecule has 0 radical (unpaired) electrons. The van der Waals surface area contributed by atoms with Crippen LogP contribution in [0.1, 0.15) is 35.9 Å². The number of hydrogen-bond donors (Lipinski definition) is 3. The van der Waals surface area contributed by atoms with Crippen LogP contribution in [-0.4, -0.2) is 22.0 Å². The average Bonchev–Trinajstić information content (AvgIpc) is 2.90. The molecule has 0 unspecified atom stereocenters. The van der Waals surface area contributed by atoms with Crippen molar-refractivity contribution in [2.24, 2.45) is 0 Å². The summed E-state index contributed by atoms with van der Waals surface area (Å²) < 4.78 is 0. The number of aromatic carboxylic acids is 1. The van der Waals surface area contributed by atoms with Gasteiger partial charge in [0, 0.05) is 17.7 Å². The number of aromatic nitrogens is 1. The molecule has 0 spiro atoms. The van der Waals surface area contributed by atoms with Gasteiger partial charge in [-0.15, -0.1) is 0 Å². The van der Waals surface area contributed by atoms with Crippen molar-refractivity contribution in [2.45, 2.75) is 26.2 Å². The summed E-state index contributed by atoms with van der Waals surface area (Å²) in [6.45, 7) is 2.00. The Bertz CT molecular complexity index is 680. The van der Waals surface area contributed by atoms with Crippen LogP contribution in [-0.2, 0) is 4.79 Å². The summed E-state index contributed by atoms with van der Waals surface area (Å²) in [5.74, 6) is -1.23. The first-order chi connectivity index (χ1) is 10.5. The van der Waals surface area contributed by atoms with E-state index in [-0.39, 0.29) is 10.8 Å². The van der Waals surface area contributed by atoms with Gasteiger partial charge < -0.3 is 16.2 Å². The summed E-state index contributed by atoms with van der Waals surface area (Å²) in [4.78, 5) is 27.4. The first-order valence-electron chi connectivity index (χ1n) is 6.91. The predicted molar refractivity (Wildman–Crippen MR) is 87.1 cm³/mol. The molecule has 0 saturated carbocycles. The van der Waals surface area contributed by atoms with Crippen molar-refractivity contribution in [2.75, 3.05) is 11.1 Å². The predicted octanol–water partition coefficient (Wildman–Crippen LogP) is 3.22. The Morgan fingerprint density at radius 3 is 2.59 bits per heavy atom. The Kier molecular flexibility index (Phi) is 5.11. The van der Waals surface area contributed by atoms with Gasteiger partial charge in [0.05, 0.1) is 5.69 Å². The molecule has 6 nitrogen and oxygen atoms in total. The molecule has 0 fully saturated rings. The van der Waals surface area contributed by atoms with Crippen molar-refractivity contribution in [1.29, 1.82) is 0 Å². The highest BCUT2D eigenvalue weighted by Gasteiger charge is 2.19. The Labute approximate surface area is 132 Å². The van der Waals surface area contributed by atoms with E-state index in [1.807, 2.05) is 6.92 Å². The molecular formula is C15H17N3O3S. The van der Waals surface area contributed by atoms with Crippen LogP contribution in [0.4, 0.5) is 10.8 Å². The number of rotatable bonds is 6. The number of thiazole rings is 1. The Morgan fingerprint density at radius 2 is 2.00 bits per heavy atom. The summed E-state index contributed by atoms with van der Waals surface area (Å²) in [5, 5.41) is 12.3. The number of nitrogens with two attached hydrogens (primary N) is 1. The van der Waals surface area contributed by atoms with Crippen molar-refractivity contribution < 1.29 is 14.7 Å². The zero-order valence-corrected chi connectivity index (χ0v) is 12.9.